The summed E-state index contributed by atoms with van der Waals surface area (Å²) in [4.78, 5) is 25.3. The summed E-state index contributed by atoms with van der Waals surface area (Å²) in [7, 11) is 0. The van der Waals surface area contributed by atoms with Gasteiger partial charge in [0, 0.05) is 28.8 Å². The number of pyridine rings is 1. The highest BCUT2D eigenvalue weighted by molar-refractivity contribution is 9.10. The molecule has 0 radical (unpaired) electrons. The van der Waals surface area contributed by atoms with Crippen molar-refractivity contribution < 1.29 is 9.18 Å². The Labute approximate surface area is 116 Å². The number of benzene rings is 1. The Hall–Kier alpha value is -1.95. The number of rotatable bonds is 3. The number of carbonyl (C=O) groups excluding carboxylic acids is 1. The van der Waals surface area contributed by atoms with Crippen LogP contribution < -0.4 is 10.9 Å². The largest absolute Gasteiger partial charge is 0.348 e. The highest BCUT2D eigenvalue weighted by atomic mass is 79.9. The Kier molecular flexibility index (Phi) is 4.11. The highest BCUT2D eigenvalue weighted by Gasteiger charge is 2.07. The molecule has 98 valence electrons. The Morgan fingerprint density at radius 1 is 1.32 bits per heavy atom. The lowest BCUT2D eigenvalue weighted by Crippen LogP contribution is -2.24. The second kappa shape index (κ2) is 5.79. The van der Waals surface area contributed by atoms with Crippen LogP contribution in [0.25, 0.3) is 0 Å². The molecule has 0 fully saturated rings. The van der Waals surface area contributed by atoms with Gasteiger partial charge in [0.15, 0.2) is 0 Å². The zero-order valence-corrected chi connectivity index (χ0v) is 11.3. The molecule has 1 aromatic heterocycles. The molecule has 2 rings (SSSR count). The number of hydrogen-bond donors (Lipinski definition) is 2. The topological polar surface area (TPSA) is 62.0 Å². The van der Waals surface area contributed by atoms with Gasteiger partial charge in [0.25, 0.3) is 5.91 Å². The third-order valence-electron chi connectivity index (χ3n) is 2.48. The first-order chi connectivity index (χ1) is 9.06. The van der Waals surface area contributed by atoms with Gasteiger partial charge in [-0.2, -0.15) is 0 Å². The average Bonchev–Trinajstić information content (AvgIpc) is 2.39. The molecule has 0 unspecified atom stereocenters. The van der Waals surface area contributed by atoms with E-state index < -0.39 is 0 Å². The monoisotopic (exact) mass is 324 g/mol. The molecule has 1 aromatic carbocycles. The minimum Gasteiger partial charge on any atom is -0.348 e. The van der Waals surface area contributed by atoms with Crippen LogP contribution >= 0.6 is 15.9 Å². The Morgan fingerprint density at radius 2 is 2.11 bits per heavy atom. The fourth-order valence-electron chi connectivity index (χ4n) is 1.54. The van der Waals surface area contributed by atoms with Gasteiger partial charge in [-0.15, -0.1) is 0 Å². The normalized spacial score (nSPS) is 10.2. The van der Waals surface area contributed by atoms with Gasteiger partial charge >= 0.3 is 0 Å². The van der Waals surface area contributed by atoms with Crippen molar-refractivity contribution in [2.24, 2.45) is 0 Å². The lowest BCUT2D eigenvalue weighted by Gasteiger charge is -2.07. The maximum absolute atomic E-state index is 13.1. The van der Waals surface area contributed by atoms with Gasteiger partial charge in [-0.3, -0.25) is 9.59 Å². The van der Waals surface area contributed by atoms with Crippen molar-refractivity contribution in [3.05, 3.63) is 68.3 Å². The minimum absolute atomic E-state index is 0.171. The van der Waals surface area contributed by atoms with Crippen molar-refractivity contribution in [3.63, 3.8) is 0 Å². The van der Waals surface area contributed by atoms with E-state index in [9.17, 15) is 14.0 Å². The lowest BCUT2D eigenvalue weighted by molar-refractivity contribution is 0.0950. The smallest absolute Gasteiger partial charge is 0.251 e. The standard InChI is InChI=1S/C13H10BrFN2O2/c14-11-2-1-10(15)5-9(11)7-17-13(19)8-3-4-16-12(18)6-8/h1-6H,7H2,(H,16,18)(H,17,19). The third-order valence-corrected chi connectivity index (χ3v) is 3.26. The van der Waals surface area contributed by atoms with E-state index in [1.54, 1.807) is 6.07 Å². The molecule has 2 N–H and O–H groups in total. The van der Waals surface area contributed by atoms with Crippen LogP contribution in [0.4, 0.5) is 4.39 Å². The zero-order valence-electron chi connectivity index (χ0n) is 9.74. The van der Waals surface area contributed by atoms with Gasteiger partial charge in [0.05, 0.1) is 0 Å². The molecule has 19 heavy (non-hydrogen) atoms. The molecule has 0 saturated heterocycles. The van der Waals surface area contributed by atoms with E-state index in [0.29, 0.717) is 10.0 Å². The second-order valence-corrected chi connectivity index (χ2v) is 4.71. The van der Waals surface area contributed by atoms with Crippen LogP contribution in [0.5, 0.6) is 0 Å². The number of hydrogen-bond acceptors (Lipinski definition) is 2. The molecule has 0 spiro atoms. The van der Waals surface area contributed by atoms with E-state index in [1.165, 1.54) is 30.5 Å². The fraction of sp³-hybridized carbons (Fsp3) is 0.0769. The van der Waals surface area contributed by atoms with Crippen molar-refractivity contribution in [2.45, 2.75) is 6.54 Å². The first-order valence-electron chi connectivity index (χ1n) is 5.47. The van der Waals surface area contributed by atoms with Gasteiger partial charge in [0.2, 0.25) is 5.56 Å². The summed E-state index contributed by atoms with van der Waals surface area (Å²) in [6, 6.07) is 6.94. The van der Waals surface area contributed by atoms with Gasteiger partial charge in [-0.25, -0.2) is 4.39 Å². The van der Waals surface area contributed by atoms with Crippen molar-refractivity contribution >= 4 is 21.8 Å². The van der Waals surface area contributed by atoms with Gasteiger partial charge < -0.3 is 10.3 Å². The maximum atomic E-state index is 13.1. The van der Waals surface area contributed by atoms with E-state index in [0.717, 1.165) is 0 Å². The van der Waals surface area contributed by atoms with Crippen LogP contribution in [0.3, 0.4) is 0 Å². The number of nitrogens with one attached hydrogen (secondary N) is 2. The lowest BCUT2D eigenvalue weighted by atomic mass is 10.2. The molecule has 1 amide bonds. The molecular weight excluding hydrogens is 315 g/mol. The maximum Gasteiger partial charge on any atom is 0.251 e. The Bertz CT molecular complexity index is 670. The van der Waals surface area contributed by atoms with Crippen LogP contribution in [-0.4, -0.2) is 10.9 Å². The molecule has 0 saturated carbocycles. The predicted octanol–water partition coefficient (Wildman–Crippen LogP) is 2.21. The van der Waals surface area contributed by atoms with Gasteiger partial charge in [-0.1, -0.05) is 15.9 Å². The van der Waals surface area contributed by atoms with Crippen LogP contribution in [0.1, 0.15) is 15.9 Å². The zero-order chi connectivity index (χ0) is 13.8. The third kappa shape index (κ3) is 3.51. The molecule has 0 aliphatic carbocycles. The first-order valence-corrected chi connectivity index (χ1v) is 6.26. The van der Waals surface area contributed by atoms with Crippen LogP contribution in [0, 0.1) is 5.82 Å². The molecule has 4 nitrogen and oxygen atoms in total. The van der Waals surface area contributed by atoms with Crippen LogP contribution in [0.15, 0.2) is 45.8 Å². The van der Waals surface area contributed by atoms with Crippen molar-refractivity contribution in [1.29, 1.82) is 0 Å². The summed E-state index contributed by atoms with van der Waals surface area (Å²) in [5.74, 6) is -0.758. The number of aromatic amines is 1. The summed E-state index contributed by atoms with van der Waals surface area (Å²) in [5.41, 5.74) is 0.536. The summed E-state index contributed by atoms with van der Waals surface area (Å²) in [6.07, 6.45) is 1.40. The summed E-state index contributed by atoms with van der Waals surface area (Å²) >= 11 is 3.28. The molecule has 2 aromatic rings. The number of carbonyl (C=O) groups is 1. The number of amides is 1. The summed E-state index contributed by atoms with van der Waals surface area (Å²) < 4.78 is 13.8. The van der Waals surface area contributed by atoms with E-state index >= 15 is 0 Å². The van der Waals surface area contributed by atoms with Crippen LogP contribution in [-0.2, 0) is 6.54 Å². The second-order valence-electron chi connectivity index (χ2n) is 3.86. The molecule has 0 aliphatic rings. The number of aromatic nitrogens is 1. The van der Waals surface area contributed by atoms with Gasteiger partial charge in [0.1, 0.15) is 5.82 Å². The first kappa shape index (κ1) is 13.5. The van der Waals surface area contributed by atoms with Crippen molar-refractivity contribution in [2.75, 3.05) is 0 Å². The van der Waals surface area contributed by atoms with Gasteiger partial charge in [-0.05, 0) is 29.8 Å². The Balaban J connectivity index is 2.08. The molecule has 6 heteroatoms. The molecule has 0 atom stereocenters. The van der Waals surface area contributed by atoms with Crippen molar-refractivity contribution in [1.82, 2.24) is 10.3 Å². The minimum atomic E-state index is -0.387. The SMILES string of the molecule is O=C(NCc1cc(F)ccc1Br)c1cc[nH]c(=O)c1. The van der Waals surface area contributed by atoms with Crippen LogP contribution in [0.2, 0.25) is 0 Å². The molecule has 0 bridgehead atoms. The average molecular weight is 325 g/mol. The summed E-state index contributed by atoms with van der Waals surface area (Å²) in [5, 5.41) is 2.62. The highest BCUT2D eigenvalue weighted by Crippen LogP contribution is 2.17. The fourth-order valence-corrected chi connectivity index (χ4v) is 1.93. The molecular formula is C13H10BrFN2O2. The van der Waals surface area contributed by atoms with E-state index in [2.05, 4.69) is 26.2 Å². The van der Waals surface area contributed by atoms with E-state index in [4.69, 9.17) is 0 Å². The van der Waals surface area contributed by atoms with E-state index in [1.807, 2.05) is 0 Å². The number of halogens is 2. The van der Waals surface area contributed by atoms with E-state index in [-0.39, 0.29) is 29.4 Å². The number of H-pyrrole nitrogens is 1. The molecule has 1 heterocycles. The molecule has 0 aliphatic heterocycles. The predicted molar refractivity (Wildman–Crippen MR) is 72.3 cm³/mol. The van der Waals surface area contributed by atoms with Crippen molar-refractivity contribution in [3.8, 4) is 0 Å². The quantitative estimate of drug-likeness (QED) is 0.909. The Morgan fingerprint density at radius 3 is 2.84 bits per heavy atom. The summed E-state index contributed by atoms with van der Waals surface area (Å²) in [6.45, 7) is 0.171.